The van der Waals surface area contributed by atoms with Gasteiger partial charge in [-0.2, -0.15) is 0 Å². The Bertz CT molecular complexity index is 637. The van der Waals surface area contributed by atoms with Gasteiger partial charge in [0, 0.05) is 6.42 Å². The van der Waals surface area contributed by atoms with Gasteiger partial charge >= 0.3 is 5.97 Å². The lowest BCUT2D eigenvalue weighted by Gasteiger charge is -2.43. The van der Waals surface area contributed by atoms with Crippen molar-refractivity contribution in [3.05, 3.63) is 0 Å². The van der Waals surface area contributed by atoms with Crippen molar-refractivity contribution in [3.63, 3.8) is 0 Å². The summed E-state index contributed by atoms with van der Waals surface area (Å²) < 4.78 is 33.9. The largest absolute Gasteiger partial charge is 0.480 e. The molecular formula is C16H27F2N3O9. The molecule has 1 fully saturated rings. The summed E-state index contributed by atoms with van der Waals surface area (Å²) in [6.45, 7) is 1.46. The Labute approximate surface area is 170 Å². The number of carbonyl (C=O) groups excluding carboxylic acids is 2. The molecule has 8 atom stereocenters. The molecule has 0 aromatic carbocycles. The second kappa shape index (κ2) is 10.4. The molecule has 0 bridgehead atoms. The standard InChI is InChI=1S/C16H27F2N3O9/c1-5(13(26)21-6(2)15(28)29)20-14(27)7(19)3-16(17,18)12-11(25)10(24)9(23)8(4-22)30-12/h5-12,22-25H,3-4,19H2,1-2H3,(H,20,27)(H,21,26)(H,28,29)/t5-,6-,7+,8+,9-,10-,11+,12+/m0/s1. The summed E-state index contributed by atoms with van der Waals surface area (Å²) in [7, 11) is 0. The van der Waals surface area contributed by atoms with E-state index in [2.05, 4.69) is 10.6 Å². The number of aliphatic carboxylic acids is 1. The quantitative estimate of drug-likeness (QED) is 0.174. The molecule has 1 aliphatic rings. The minimum absolute atomic E-state index is 0.883. The highest BCUT2D eigenvalue weighted by Gasteiger charge is 2.55. The van der Waals surface area contributed by atoms with Gasteiger partial charge in [-0.1, -0.05) is 0 Å². The van der Waals surface area contributed by atoms with E-state index in [9.17, 15) is 38.5 Å². The summed E-state index contributed by atoms with van der Waals surface area (Å²) in [4.78, 5) is 34.6. The molecule has 9 N–H and O–H groups in total. The highest BCUT2D eigenvalue weighted by Crippen LogP contribution is 2.35. The van der Waals surface area contributed by atoms with Crippen LogP contribution in [0, 0.1) is 0 Å². The first-order valence-electron chi connectivity index (χ1n) is 9.00. The third kappa shape index (κ3) is 6.26. The van der Waals surface area contributed by atoms with Crippen molar-refractivity contribution in [1.29, 1.82) is 0 Å². The molecule has 1 saturated heterocycles. The number of halogens is 2. The molecule has 0 aromatic heterocycles. The Morgan fingerprint density at radius 2 is 1.57 bits per heavy atom. The number of amides is 2. The number of aliphatic hydroxyl groups excluding tert-OH is 4. The lowest BCUT2D eigenvalue weighted by atomic mass is 9.89. The molecule has 0 aliphatic carbocycles. The van der Waals surface area contributed by atoms with Crippen LogP contribution in [-0.2, 0) is 19.1 Å². The van der Waals surface area contributed by atoms with Gasteiger partial charge in [-0.3, -0.25) is 14.4 Å². The highest BCUT2D eigenvalue weighted by molar-refractivity contribution is 5.91. The van der Waals surface area contributed by atoms with Crippen LogP contribution < -0.4 is 16.4 Å². The fourth-order valence-corrected chi connectivity index (χ4v) is 2.74. The second-order valence-corrected chi connectivity index (χ2v) is 7.12. The van der Waals surface area contributed by atoms with Crippen LogP contribution in [0.2, 0.25) is 0 Å². The number of aliphatic hydroxyl groups is 4. The molecule has 0 saturated carbocycles. The van der Waals surface area contributed by atoms with Gasteiger partial charge in [0.15, 0.2) is 0 Å². The number of hydrogen-bond acceptors (Lipinski definition) is 9. The first kappa shape index (κ1) is 26.1. The third-order valence-corrected chi connectivity index (χ3v) is 4.62. The van der Waals surface area contributed by atoms with E-state index in [0.717, 1.165) is 0 Å². The van der Waals surface area contributed by atoms with Crippen LogP contribution in [-0.4, -0.2) is 104 Å². The van der Waals surface area contributed by atoms with Crippen LogP contribution in [0.1, 0.15) is 20.3 Å². The molecule has 1 rings (SSSR count). The summed E-state index contributed by atoms with van der Waals surface area (Å²) in [5.74, 6) is -7.33. The smallest absolute Gasteiger partial charge is 0.325 e. The van der Waals surface area contributed by atoms with Gasteiger partial charge in [0.1, 0.15) is 42.6 Å². The number of carboxylic acid groups (broad SMARTS) is 1. The van der Waals surface area contributed by atoms with Crippen molar-refractivity contribution >= 4 is 17.8 Å². The van der Waals surface area contributed by atoms with Crippen molar-refractivity contribution in [1.82, 2.24) is 10.6 Å². The van der Waals surface area contributed by atoms with Gasteiger partial charge < -0.3 is 46.6 Å². The van der Waals surface area contributed by atoms with Crippen LogP contribution in [0.4, 0.5) is 8.78 Å². The van der Waals surface area contributed by atoms with Crippen molar-refractivity contribution in [2.75, 3.05) is 6.61 Å². The summed E-state index contributed by atoms with van der Waals surface area (Å²) in [5.41, 5.74) is 5.47. The Hall–Kier alpha value is -1.97. The lowest BCUT2D eigenvalue weighted by Crippen LogP contribution is -2.64. The Balaban J connectivity index is 2.75. The van der Waals surface area contributed by atoms with Crippen molar-refractivity contribution < 1.29 is 53.4 Å². The molecule has 0 unspecified atom stereocenters. The molecular weight excluding hydrogens is 416 g/mol. The van der Waals surface area contributed by atoms with E-state index in [0.29, 0.717) is 0 Å². The zero-order valence-corrected chi connectivity index (χ0v) is 16.2. The number of alkyl halides is 2. The average Bonchev–Trinajstić information content (AvgIpc) is 2.65. The SMILES string of the molecule is C[C@H](NC(=O)[C@H](C)NC(=O)[C@H](N)CC(F)(F)[C@@H]1O[C@H](CO)[C@H](O)[C@H](O)[C@H]1O)C(=O)O. The van der Waals surface area contributed by atoms with Crippen molar-refractivity contribution in [2.24, 2.45) is 5.73 Å². The van der Waals surface area contributed by atoms with E-state index < -0.39 is 85.4 Å². The first-order valence-corrected chi connectivity index (χ1v) is 9.00. The zero-order valence-electron chi connectivity index (χ0n) is 16.2. The van der Waals surface area contributed by atoms with Crippen LogP contribution in [0.5, 0.6) is 0 Å². The lowest BCUT2D eigenvalue weighted by molar-refractivity contribution is -0.281. The maximum absolute atomic E-state index is 14.6. The van der Waals surface area contributed by atoms with Crippen LogP contribution in [0.15, 0.2) is 0 Å². The van der Waals surface area contributed by atoms with E-state index in [4.69, 9.17) is 20.7 Å². The van der Waals surface area contributed by atoms with Gasteiger partial charge in [0.25, 0.3) is 5.92 Å². The molecule has 0 aromatic rings. The fraction of sp³-hybridized carbons (Fsp3) is 0.812. The molecule has 174 valence electrons. The fourth-order valence-electron chi connectivity index (χ4n) is 2.74. The highest BCUT2D eigenvalue weighted by atomic mass is 19.3. The third-order valence-electron chi connectivity index (χ3n) is 4.62. The van der Waals surface area contributed by atoms with Gasteiger partial charge in [-0.05, 0) is 13.8 Å². The van der Waals surface area contributed by atoms with Crippen LogP contribution in [0.3, 0.4) is 0 Å². The molecule has 0 radical (unpaired) electrons. The molecule has 12 nitrogen and oxygen atoms in total. The maximum Gasteiger partial charge on any atom is 0.325 e. The van der Waals surface area contributed by atoms with Gasteiger partial charge in [0.2, 0.25) is 11.8 Å². The molecule has 1 heterocycles. The monoisotopic (exact) mass is 443 g/mol. The van der Waals surface area contributed by atoms with Crippen LogP contribution >= 0.6 is 0 Å². The average molecular weight is 443 g/mol. The van der Waals surface area contributed by atoms with Gasteiger partial charge in [-0.25, -0.2) is 8.78 Å². The Kier molecular flexibility index (Phi) is 9.01. The first-order chi connectivity index (χ1) is 13.7. The molecule has 0 spiro atoms. The molecule has 2 amide bonds. The number of nitrogens with one attached hydrogen (secondary N) is 2. The van der Waals surface area contributed by atoms with E-state index in [1.807, 2.05) is 0 Å². The zero-order chi connectivity index (χ0) is 23.4. The molecule has 30 heavy (non-hydrogen) atoms. The van der Waals surface area contributed by atoms with E-state index in [1.54, 1.807) is 0 Å². The summed E-state index contributed by atoms with van der Waals surface area (Å²) >= 11 is 0. The summed E-state index contributed by atoms with van der Waals surface area (Å²) in [6.07, 6.45) is -11.4. The predicted molar refractivity (Wildman–Crippen MR) is 94.2 cm³/mol. The Morgan fingerprint density at radius 3 is 2.07 bits per heavy atom. The minimum Gasteiger partial charge on any atom is -0.480 e. The Morgan fingerprint density at radius 1 is 1.03 bits per heavy atom. The topological polar surface area (TPSA) is 212 Å². The minimum atomic E-state index is -3.96. The van der Waals surface area contributed by atoms with Gasteiger partial charge in [-0.15, -0.1) is 0 Å². The van der Waals surface area contributed by atoms with E-state index in [-0.39, 0.29) is 0 Å². The number of nitrogens with two attached hydrogens (primary N) is 1. The second-order valence-electron chi connectivity index (χ2n) is 7.12. The van der Waals surface area contributed by atoms with Gasteiger partial charge in [0.05, 0.1) is 12.6 Å². The summed E-state index contributed by atoms with van der Waals surface area (Å²) in [6, 6.07) is -4.41. The number of carboxylic acids is 1. The maximum atomic E-state index is 14.6. The number of ether oxygens (including phenoxy) is 1. The summed E-state index contributed by atoms with van der Waals surface area (Å²) in [5, 5.41) is 51.1. The van der Waals surface area contributed by atoms with Crippen molar-refractivity contribution in [3.8, 4) is 0 Å². The predicted octanol–water partition coefficient (Wildman–Crippen LogP) is -3.72. The van der Waals surface area contributed by atoms with E-state index >= 15 is 0 Å². The normalized spacial score (nSPS) is 30.1. The van der Waals surface area contributed by atoms with Crippen molar-refractivity contribution in [2.45, 2.75) is 74.8 Å². The molecule has 14 heteroatoms. The number of carbonyl (C=O) groups is 3. The number of rotatable bonds is 9. The van der Waals surface area contributed by atoms with E-state index in [1.165, 1.54) is 13.8 Å². The number of hydrogen-bond donors (Lipinski definition) is 8. The van der Waals surface area contributed by atoms with Crippen LogP contribution in [0.25, 0.3) is 0 Å². The molecule has 1 aliphatic heterocycles.